The molecular weight excluding hydrogens is 230 g/mol. The quantitative estimate of drug-likeness (QED) is 0.864. The lowest BCUT2D eigenvalue weighted by molar-refractivity contribution is -0.141. The monoisotopic (exact) mass is 245 g/mol. The third-order valence-corrected chi connectivity index (χ3v) is 3.06. The summed E-state index contributed by atoms with van der Waals surface area (Å²) in [5.74, 6) is -0.581. The van der Waals surface area contributed by atoms with Gasteiger partial charge in [0.15, 0.2) is 0 Å². The molecule has 2 rings (SSSR count). The van der Waals surface area contributed by atoms with Crippen LogP contribution >= 0.6 is 0 Å². The lowest BCUT2D eigenvalue weighted by atomic mass is 10.00. The minimum Gasteiger partial charge on any atom is -0.480 e. The highest BCUT2D eigenvalue weighted by molar-refractivity contribution is 5.82. The van der Waals surface area contributed by atoms with Gasteiger partial charge in [-0.15, -0.1) is 0 Å². The van der Waals surface area contributed by atoms with Crippen molar-refractivity contribution in [3.8, 4) is 0 Å². The first-order valence-corrected chi connectivity index (χ1v) is 5.78. The van der Waals surface area contributed by atoms with E-state index >= 15 is 0 Å². The van der Waals surface area contributed by atoms with Gasteiger partial charge in [-0.05, 0) is 19.4 Å². The Kier molecular flexibility index (Phi) is 3.14. The SMILES string of the molecule is CCC(C)(Nc1ncc2ccccc2n1)C(=O)O. The Morgan fingerprint density at radius 2 is 2.17 bits per heavy atom. The van der Waals surface area contributed by atoms with Crippen molar-refractivity contribution < 1.29 is 9.90 Å². The van der Waals surface area contributed by atoms with E-state index in [2.05, 4.69) is 15.3 Å². The first kappa shape index (κ1) is 12.3. The molecule has 1 heterocycles. The van der Waals surface area contributed by atoms with Crippen molar-refractivity contribution in [3.05, 3.63) is 30.5 Å². The molecule has 5 nitrogen and oxygen atoms in total. The number of aliphatic carboxylic acids is 1. The summed E-state index contributed by atoms with van der Waals surface area (Å²) in [5, 5.41) is 13.0. The number of carboxylic acids is 1. The van der Waals surface area contributed by atoms with Crippen LogP contribution in [0.5, 0.6) is 0 Å². The van der Waals surface area contributed by atoms with Gasteiger partial charge in [0.25, 0.3) is 0 Å². The van der Waals surface area contributed by atoms with Crippen LogP contribution in [0.2, 0.25) is 0 Å². The number of carbonyl (C=O) groups is 1. The Labute approximate surface area is 105 Å². The standard InChI is InChI=1S/C13H15N3O2/c1-3-13(2,11(17)18)16-12-14-8-9-6-4-5-7-10(9)15-12/h4-8H,3H2,1-2H3,(H,17,18)(H,14,15,16). The fraction of sp³-hybridized carbons (Fsp3) is 0.308. The molecule has 0 aliphatic heterocycles. The summed E-state index contributed by atoms with van der Waals surface area (Å²) in [4.78, 5) is 19.6. The maximum absolute atomic E-state index is 11.2. The molecule has 0 fully saturated rings. The normalized spacial score (nSPS) is 14.1. The lowest BCUT2D eigenvalue weighted by Crippen LogP contribution is -2.43. The van der Waals surface area contributed by atoms with Crippen molar-refractivity contribution in [1.82, 2.24) is 9.97 Å². The zero-order chi connectivity index (χ0) is 13.2. The summed E-state index contributed by atoms with van der Waals surface area (Å²) in [6.45, 7) is 3.43. The molecule has 0 radical (unpaired) electrons. The number of fused-ring (bicyclic) bond motifs is 1. The summed E-state index contributed by atoms with van der Waals surface area (Å²) >= 11 is 0. The molecule has 0 saturated heterocycles. The van der Waals surface area contributed by atoms with Crippen LogP contribution in [-0.2, 0) is 4.79 Å². The number of anilines is 1. The lowest BCUT2D eigenvalue weighted by Gasteiger charge is -2.24. The Balaban J connectivity index is 2.34. The molecule has 0 aliphatic rings. The molecule has 0 spiro atoms. The van der Waals surface area contributed by atoms with E-state index in [-0.39, 0.29) is 0 Å². The minimum absolute atomic E-state index is 0.334. The Hall–Kier alpha value is -2.17. The van der Waals surface area contributed by atoms with E-state index in [4.69, 9.17) is 0 Å². The smallest absolute Gasteiger partial charge is 0.329 e. The summed E-state index contributed by atoms with van der Waals surface area (Å²) in [6, 6.07) is 7.57. The second kappa shape index (κ2) is 4.60. The number of nitrogens with one attached hydrogen (secondary N) is 1. The van der Waals surface area contributed by atoms with Crippen LogP contribution in [0, 0.1) is 0 Å². The number of benzene rings is 1. The number of rotatable bonds is 4. The molecule has 1 unspecified atom stereocenters. The highest BCUT2D eigenvalue weighted by atomic mass is 16.4. The zero-order valence-corrected chi connectivity index (χ0v) is 10.3. The third kappa shape index (κ3) is 2.25. The average Bonchev–Trinajstić information content (AvgIpc) is 2.38. The fourth-order valence-corrected chi connectivity index (χ4v) is 1.57. The van der Waals surface area contributed by atoms with Crippen LogP contribution < -0.4 is 5.32 Å². The van der Waals surface area contributed by atoms with Gasteiger partial charge in [0.05, 0.1) is 5.52 Å². The minimum atomic E-state index is -1.05. The van der Waals surface area contributed by atoms with Crippen molar-refractivity contribution in [1.29, 1.82) is 0 Å². The third-order valence-electron chi connectivity index (χ3n) is 3.06. The van der Waals surface area contributed by atoms with Gasteiger partial charge in [0.2, 0.25) is 5.95 Å². The van der Waals surface area contributed by atoms with E-state index in [9.17, 15) is 9.90 Å². The zero-order valence-electron chi connectivity index (χ0n) is 10.3. The van der Waals surface area contributed by atoms with Crippen molar-refractivity contribution in [3.63, 3.8) is 0 Å². The van der Waals surface area contributed by atoms with Gasteiger partial charge in [-0.3, -0.25) is 0 Å². The highest BCUT2D eigenvalue weighted by Crippen LogP contribution is 2.18. The van der Waals surface area contributed by atoms with E-state index in [0.29, 0.717) is 12.4 Å². The van der Waals surface area contributed by atoms with E-state index in [1.165, 1.54) is 0 Å². The second-order valence-corrected chi connectivity index (χ2v) is 4.37. The van der Waals surface area contributed by atoms with Crippen LogP contribution in [0.4, 0.5) is 5.95 Å². The molecule has 0 bridgehead atoms. The first-order chi connectivity index (χ1) is 8.55. The number of hydrogen-bond acceptors (Lipinski definition) is 4. The van der Waals surface area contributed by atoms with E-state index in [0.717, 1.165) is 10.9 Å². The molecule has 0 aliphatic carbocycles. The van der Waals surface area contributed by atoms with E-state index in [1.807, 2.05) is 31.2 Å². The predicted octanol–water partition coefficient (Wildman–Crippen LogP) is 2.29. The van der Waals surface area contributed by atoms with E-state index in [1.54, 1.807) is 13.1 Å². The molecule has 18 heavy (non-hydrogen) atoms. The highest BCUT2D eigenvalue weighted by Gasteiger charge is 2.31. The van der Waals surface area contributed by atoms with Gasteiger partial charge in [0, 0.05) is 11.6 Å². The molecule has 1 aromatic carbocycles. The number of aromatic nitrogens is 2. The first-order valence-electron chi connectivity index (χ1n) is 5.78. The molecule has 2 aromatic rings. The topological polar surface area (TPSA) is 75.1 Å². The number of hydrogen-bond donors (Lipinski definition) is 2. The average molecular weight is 245 g/mol. The van der Waals surface area contributed by atoms with Gasteiger partial charge in [0.1, 0.15) is 5.54 Å². The van der Waals surface area contributed by atoms with Gasteiger partial charge < -0.3 is 10.4 Å². The molecule has 0 amide bonds. The van der Waals surface area contributed by atoms with Crippen molar-refractivity contribution >= 4 is 22.8 Å². The van der Waals surface area contributed by atoms with Crippen LogP contribution in [0.15, 0.2) is 30.5 Å². The van der Waals surface area contributed by atoms with Gasteiger partial charge >= 0.3 is 5.97 Å². The molecule has 1 aromatic heterocycles. The van der Waals surface area contributed by atoms with Crippen LogP contribution in [0.25, 0.3) is 10.9 Å². The van der Waals surface area contributed by atoms with Crippen molar-refractivity contribution in [2.45, 2.75) is 25.8 Å². The van der Waals surface area contributed by atoms with Crippen LogP contribution in [0.3, 0.4) is 0 Å². The largest absolute Gasteiger partial charge is 0.480 e. The summed E-state index contributed by atoms with van der Waals surface area (Å²) < 4.78 is 0. The molecule has 5 heteroatoms. The van der Waals surface area contributed by atoms with E-state index < -0.39 is 11.5 Å². The summed E-state index contributed by atoms with van der Waals surface area (Å²) in [6.07, 6.45) is 2.13. The van der Waals surface area contributed by atoms with Crippen LogP contribution in [-0.4, -0.2) is 26.6 Å². The predicted molar refractivity (Wildman–Crippen MR) is 69.5 cm³/mol. The fourth-order valence-electron chi connectivity index (χ4n) is 1.57. The second-order valence-electron chi connectivity index (χ2n) is 4.37. The molecule has 0 saturated carbocycles. The Morgan fingerprint density at radius 1 is 1.44 bits per heavy atom. The number of para-hydroxylation sites is 1. The van der Waals surface area contributed by atoms with Gasteiger partial charge in [-0.2, -0.15) is 0 Å². The van der Waals surface area contributed by atoms with Gasteiger partial charge in [-0.1, -0.05) is 25.1 Å². The summed E-state index contributed by atoms with van der Waals surface area (Å²) in [5.41, 5.74) is -0.263. The summed E-state index contributed by atoms with van der Waals surface area (Å²) in [7, 11) is 0. The van der Waals surface area contributed by atoms with Gasteiger partial charge in [-0.25, -0.2) is 14.8 Å². The molecular formula is C13H15N3O2. The Morgan fingerprint density at radius 3 is 2.83 bits per heavy atom. The molecule has 1 atom stereocenters. The molecule has 94 valence electrons. The van der Waals surface area contributed by atoms with Crippen LogP contribution in [0.1, 0.15) is 20.3 Å². The number of nitrogens with zero attached hydrogens (tertiary/aromatic N) is 2. The maximum atomic E-state index is 11.2. The Bertz CT molecular complexity index is 585. The van der Waals surface area contributed by atoms with Crippen molar-refractivity contribution in [2.24, 2.45) is 0 Å². The molecule has 2 N–H and O–H groups in total. The maximum Gasteiger partial charge on any atom is 0.329 e. The van der Waals surface area contributed by atoms with Crippen molar-refractivity contribution in [2.75, 3.05) is 5.32 Å². The number of carboxylic acid groups (broad SMARTS) is 1.